The van der Waals surface area contributed by atoms with Crippen LogP contribution in [0.3, 0.4) is 0 Å². The van der Waals surface area contributed by atoms with E-state index in [0.717, 1.165) is 48.2 Å². The van der Waals surface area contributed by atoms with Crippen LogP contribution in [0.25, 0.3) is 0 Å². The van der Waals surface area contributed by atoms with Crippen LogP contribution < -0.4 is 5.32 Å². The first kappa shape index (κ1) is 18.7. The van der Waals surface area contributed by atoms with Crippen LogP contribution in [0.1, 0.15) is 37.5 Å². The zero-order chi connectivity index (χ0) is 17.5. The first-order valence-corrected chi connectivity index (χ1v) is 11.5. The molecule has 2 aromatic heterocycles. The molecule has 2 aromatic rings. The van der Waals surface area contributed by atoms with Gasteiger partial charge in [0.05, 0.1) is 5.75 Å². The van der Waals surface area contributed by atoms with E-state index >= 15 is 0 Å². The van der Waals surface area contributed by atoms with E-state index in [9.17, 15) is 4.79 Å². The first-order valence-electron chi connectivity index (χ1n) is 8.78. The number of nitrogens with zero attached hydrogens (tertiary/aromatic N) is 3. The van der Waals surface area contributed by atoms with Crippen LogP contribution >= 0.6 is 34.4 Å². The molecule has 1 amide bonds. The van der Waals surface area contributed by atoms with Crippen molar-refractivity contribution in [2.24, 2.45) is 0 Å². The van der Waals surface area contributed by atoms with Gasteiger partial charge in [-0.1, -0.05) is 36.1 Å². The van der Waals surface area contributed by atoms with Gasteiger partial charge in [-0.05, 0) is 43.6 Å². The molecule has 0 unspecified atom stereocenters. The highest BCUT2D eigenvalue weighted by Crippen LogP contribution is 2.27. The Kier molecular flexibility index (Phi) is 7.12. The van der Waals surface area contributed by atoms with Gasteiger partial charge in [-0.2, -0.15) is 0 Å². The second-order valence-electron chi connectivity index (χ2n) is 6.06. The number of carbonyl (C=O) groups excluding carboxylic acids is 1. The monoisotopic (exact) mass is 396 g/mol. The van der Waals surface area contributed by atoms with E-state index in [4.69, 9.17) is 0 Å². The molecule has 8 heteroatoms. The first-order chi connectivity index (χ1) is 12.3. The van der Waals surface area contributed by atoms with E-state index in [1.165, 1.54) is 34.4 Å². The van der Waals surface area contributed by atoms with Gasteiger partial charge >= 0.3 is 0 Å². The number of piperidine rings is 1. The molecule has 1 saturated heterocycles. The summed E-state index contributed by atoms with van der Waals surface area (Å²) < 4.78 is 0.858. The summed E-state index contributed by atoms with van der Waals surface area (Å²) in [5, 5.41) is 14.6. The summed E-state index contributed by atoms with van der Waals surface area (Å²) >= 11 is 4.80. The highest BCUT2D eigenvalue weighted by molar-refractivity contribution is 8.01. The largest absolute Gasteiger partial charge is 0.360 e. The number of rotatable bonds is 8. The van der Waals surface area contributed by atoms with Crippen molar-refractivity contribution in [1.82, 2.24) is 15.1 Å². The molecule has 3 rings (SSSR count). The smallest absolute Gasteiger partial charge is 0.233 e. The number of amides is 1. The molecule has 25 heavy (non-hydrogen) atoms. The van der Waals surface area contributed by atoms with Gasteiger partial charge in [-0.15, -0.1) is 21.5 Å². The quantitative estimate of drug-likeness (QED) is 0.680. The molecule has 3 heterocycles. The van der Waals surface area contributed by atoms with Gasteiger partial charge in [0, 0.05) is 24.0 Å². The summed E-state index contributed by atoms with van der Waals surface area (Å²) in [6, 6.07) is 4.64. The molecule has 1 atom stereocenters. The number of aromatic nitrogens is 2. The van der Waals surface area contributed by atoms with Gasteiger partial charge in [-0.25, -0.2) is 0 Å². The third kappa shape index (κ3) is 5.43. The number of hydrogen-bond acceptors (Lipinski definition) is 7. The normalized spacial score (nSPS) is 17.6. The van der Waals surface area contributed by atoms with Crippen LogP contribution in [0, 0.1) is 0 Å². The molecule has 0 radical (unpaired) electrons. The van der Waals surface area contributed by atoms with Crippen molar-refractivity contribution in [3.8, 4) is 0 Å². The van der Waals surface area contributed by atoms with E-state index in [1.807, 2.05) is 0 Å². The van der Waals surface area contributed by atoms with Crippen molar-refractivity contribution in [3.05, 3.63) is 22.4 Å². The Labute approximate surface area is 161 Å². The van der Waals surface area contributed by atoms with E-state index in [2.05, 4.69) is 44.9 Å². The molecule has 136 valence electrons. The lowest BCUT2D eigenvalue weighted by atomic mass is 10.0. The lowest BCUT2D eigenvalue weighted by molar-refractivity contribution is -0.132. The molecule has 5 nitrogen and oxygen atoms in total. The van der Waals surface area contributed by atoms with Crippen molar-refractivity contribution >= 4 is 45.5 Å². The molecular weight excluding hydrogens is 372 g/mol. The minimum atomic E-state index is 0.235. The standard InChI is InChI=1S/C17H24N4OS3/c1-2-13-6-3-4-10-21(13)15(22)12-24-17-20-19-16(25-17)18-9-8-14-7-5-11-23-14/h5,7,11,13H,2-4,6,8-10,12H2,1H3,(H,18,19)/t13-/m1/s1. The van der Waals surface area contributed by atoms with Gasteiger partial charge < -0.3 is 10.2 Å². The van der Waals surface area contributed by atoms with E-state index < -0.39 is 0 Å². The highest BCUT2D eigenvalue weighted by atomic mass is 32.2. The van der Waals surface area contributed by atoms with E-state index in [1.54, 1.807) is 11.3 Å². The average molecular weight is 397 g/mol. The van der Waals surface area contributed by atoms with Crippen LogP contribution in [0.2, 0.25) is 0 Å². The number of likely N-dealkylation sites (tertiary alicyclic amines) is 1. The fraction of sp³-hybridized carbons (Fsp3) is 0.588. The Morgan fingerprint density at radius 1 is 1.44 bits per heavy atom. The summed E-state index contributed by atoms with van der Waals surface area (Å²) in [7, 11) is 0. The minimum Gasteiger partial charge on any atom is -0.360 e. The Bertz CT molecular complexity index is 659. The van der Waals surface area contributed by atoms with E-state index in [0.29, 0.717) is 11.8 Å². The maximum absolute atomic E-state index is 12.5. The number of hydrogen-bond donors (Lipinski definition) is 1. The number of nitrogens with one attached hydrogen (secondary N) is 1. The molecule has 0 bridgehead atoms. The highest BCUT2D eigenvalue weighted by Gasteiger charge is 2.25. The van der Waals surface area contributed by atoms with Crippen LogP contribution in [-0.2, 0) is 11.2 Å². The maximum atomic E-state index is 12.5. The number of carbonyl (C=O) groups is 1. The molecule has 0 spiro atoms. The summed E-state index contributed by atoms with van der Waals surface area (Å²) in [6.07, 6.45) is 5.56. The lowest BCUT2D eigenvalue weighted by Crippen LogP contribution is -2.44. The lowest BCUT2D eigenvalue weighted by Gasteiger charge is -2.35. The molecule has 0 aliphatic carbocycles. The van der Waals surface area contributed by atoms with Gasteiger partial charge in [-0.3, -0.25) is 4.79 Å². The summed E-state index contributed by atoms with van der Waals surface area (Å²) in [5.74, 6) is 0.694. The van der Waals surface area contributed by atoms with Crippen molar-refractivity contribution in [2.75, 3.05) is 24.2 Å². The Morgan fingerprint density at radius 3 is 3.16 bits per heavy atom. The SMILES string of the molecule is CC[C@@H]1CCCCN1C(=O)CSc1nnc(NCCc2cccs2)s1. The third-order valence-electron chi connectivity index (χ3n) is 4.37. The summed E-state index contributed by atoms with van der Waals surface area (Å²) in [5.41, 5.74) is 0. The molecule has 1 aliphatic heterocycles. The fourth-order valence-corrected chi connectivity index (χ4v) is 5.42. The summed E-state index contributed by atoms with van der Waals surface area (Å²) in [4.78, 5) is 15.9. The molecule has 0 aromatic carbocycles. The van der Waals surface area contributed by atoms with E-state index in [-0.39, 0.29) is 5.91 Å². The number of thiophene rings is 1. The van der Waals surface area contributed by atoms with Crippen molar-refractivity contribution < 1.29 is 4.79 Å². The Balaban J connectivity index is 1.42. The van der Waals surface area contributed by atoms with Crippen LogP contribution in [0.15, 0.2) is 21.9 Å². The summed E-state index contributed by atoms with van der Waals surface area (Å²) in [6.45, 7) is 3.93. The molecule has 1 aliphatic rings. The molecular formula is C17H24N4OS3. The predicted octanol–water partition coefficient (Wildman–Crippen LogP) is 4.14. The third-order valence-corrected chi connectivity index (χ3v) is 7.31. The molecule has 0 saturated carbocycles. The molecule has 1 N–H and O–H groups in total. The van der Waals surface area contributed by atoms with Gasteiger partial charge in [0.1, 0.15) is 0 Å². The van der Waals surface area contributed by atoms with Crippen molar-refractivity contribution in [3.63, 3.8) is 0 Å². The van der Waals surface area contributed by atoms with Crippen LogP contribution in [0.4, 0.5) is 5.13 Å². The number of thioether (sulfide) groups is 1. The second-order valence-corrected chi connectivity index (χ2v) is 9.30. The van der Waals surface area contributed by atoms with Gasteiger partial charge in [0.25, 0.3) is 0 Å². The zero-order valence-electron chi connectivity index (χ0n) is 14.4. The van der Waals surface area contributed by atoms with Gasteiger partial charge in [0.2, 0.25) is 11.0 Å². The second kappa shape index (κ2) is 9.54. The van der Waals surface area contributed by atoms with Crippen molar-refractivity contribution in [1.29, 1.82) is 0 Å². The topological polar surface area (TPSA) is 58.1 Å². The van der Waals surface area contributed by atoms with Gasteiger partial charge in [0.15, 0.2) is 4.34 Å². The number of anilines is 1. The maximum Gasteiger partial charge on any atom is 0.233 e. The Hall–Kier alpha value is -1.12. The minimum absolute atomic E-state index is 0.235. The predicted molar refractivity (Wildman–Crippen MR) is 107 cm³/mol. The average Bonchev–Trinajstić information content (AvgIpc) is 3.32. The molecule has 1 fully saturated rings. The Morgan fingerprint density at radius 2 is 2.36 bits per heavy atom. The van der Waals surface area contributed by atoms with Crippen molar-refractivity contribution in [2.45, 2.75) is 49.4 Å². The zero-order valence-corrected chi connectivity index (χ0v) is 16.9. The van der Waals surface area contributed by atoms with Crippen LogP contribution in [0.5, 0.6) is 0 Å². The fourth-order valence-electron chi connectivity index (χ4n) is 3.05. The van der Waals surface area contributed by atoms with Crippen LogP contribution in [-0.4, -0.2) is 45.9 Å².